The average Bonchev–Trinajstić information content (AvgIpc) is 3.41. The number of allylic oxidation sites excluding steroid dienone is 1. The molecule has 10 nitrogen and oxygen atoms in total. The van der Waals surface area contributed by atoms with Crippen molar-refractivity contribution in [2.45, 2.75) is 69.9 Å². The van der Waals surface area contributed by atoms with Crippen LogP contribution in [0.15, 0.2) is 66.8 Å². The van der Waals surface area contributed by atoms with Crippen LogP contribution in [-0.4, -0.2) is 83.3 Å². The fraction of sp³-hybridized carbons (Fsp3) is 0.486. The zero-order chi connectivity index (χ0) is 31.9. The molecule has 238 valence electrons. The fourth-order valence-corrected chi connectivity index (χ4v) is 7.39. The SMILES string of the molecule is CC(C)C[C@H](CO)N1C(=O)[C@H]2[C@@H]3C(=O)O[C@@H](C)CNC(=O)CC/C=C\[C@@H]3O[C@]23C=CCN(c2ccc4ccccc4c2)C(=O)[C@H]13. The van der Waals surface area contributed by atoms with Gasteiger partial charge in [0.05, 0.1) is 31.2 Å². The van der Waals surface area contributed by atoms with E-state index >= 15 is 0 Å². The van der Waals surface area contributed by atoms with E-state index in [0.717, 1.165) is 10.8 Å². The molecule has 10 heteroatoms. The first-order chi connectivity index (χ1) is 21.6. The molecule has 7 atom stereocenters. The summed E-state index contributed by atoms with van der Waals surface area (Å²) < 4.78 is 12.5. The summed E-state index contributed by atoms with van der Waals surface area (Å²) >= 11 is 0. The van der Waals surface area contributed by atoms with Crippen LogP contribution in [0, 0.1) is 17.8 Å². The summed E-state index contributed by atoms with van der Waals surface area (Å²) in [6.07, 6.45) is 6.77. The number of anilines is 1. The lowest BCUT2D eigenvalue weighted by molar-refractivity contribution is -0.159. The normalized spacial score (nSPS) is 31.8. The minimum Gasteiger partial charge on any atom is -0.460 e. The van der Waals surface area contributed by atoms with Crippen molar-refractivity contribution in [2.24, 2.45) is 17.8 Å². The van der Waals surface area contributed by atoms with Gasteiger partial charge in [0.1, 0.15) is 23.7 Å². The number of esters is 1. The van der Waals surface area contributed by atoms with Gasteiger partial charge in [0.2, 0.25) is 11.8 Å². The molecule has 2 aromatic rings. The number of nitrogens with one attached hydrogen (secondary N) is 1. The molecule has 2 fully saturated rings. The molecule has 2 saturated heterocycles. The van der Waals surface area contributed by atoms with Gasteiger partial charge in [-0.05, 0) is 48.6 Å². The average molecular weight is 616 g/mol. The number of nitrogens with zero attached hydrogens (tertiary/aromatic N) is 2. The van der Waals surface area contributed by atoms with Gasteiger partial charge < -0.3 is 29.7 Å². The van der Waals surface area contributed by atoms with E-state index in [0.29, 0.717) is 18.5 Å². The summed E-state index contributed by atoms with van der Waals surface area (Å²) in [6, 6.07) is 11.9. The summed E-state index contributed by atoms with van der Waals surface area (Å²) in [7, 11) is 0. The largest absolute Gasteiger partial charge is 0.460 e. The van der Waals surface area contributed by atoms with Gasteiger partial charge in [-0.2, -0.15) is 0 Å². The minimum absolute atomic E-state index is 0.123. The lowest BCUT2D eigenvalue weighted by Gasteiger charge is -2.39. The van der Waals surface area contributed by atoms with Crippen LogP contribution in [0.4, 0.5) is 5.69 Å². The van der Waals surface area contributed by atoms with Crippen LogP contribution in [0.3, 0.4) is 0 Å². The molecule has 4 heterocycles. The second-order valence-corrected chi connectivity index (χ2v) is 13.0. The number of cyclic esters (lactones) is 1. The van der Waals surface area contributed by atoms with E-state index in [1.807, 2.05) is 62.4 Å². The minimum atomic E-state index is -1.47. The molecule has 4 aliphatic heterocycles. The number of aliphatic hydroxyl groups is 1. The Kier molecular flexibility index (Phi) is 8.54. The van der Waals surface area contributed by atoms with Crippen LogP contribution in [0.5, 0.6) is 0 Å². The quantitative estimate of drug-likeness (QED) is 0.391. The summed E-state index contributed by atoms with van der Waals surface area (Å²) in [5.74, 6) is -3.48. The third kappa shape index (κ3) is 5.55. The molecule has 1 spiro atoms. The maximum atomic E-state index is 14.8. The summed E-state index contributed by atoms with van der Waals surface area (Å²) in [6.45, 7) is 5.72. The lowest BCUT2D eigenvalue weighted by atomic mass is 9.78. The molecule has 2 N–H and O–H groups in total. The molecule has 0 bridgehead atoms. The molecule has 2 aromatic carbocycles. The highest BCUT2D eigenvalue weighted by Crippen LogP contribution is 2.54. The molecule has 0 aromatic heterocycles. The lowest BCUT2D eigenvalue weighted by Crippen LogP contribution is -2.58. The number of fused-ring (bicyclic) bond motifs is 3. The second kappa shape index (κ2) is 12.4. The van der Waals surface area contributed by atoms with Crippen molar-refractivity contribution >= 4 is 40.2 Å². The van der Waals surface area contributed by atoms with Crippen molar-refractivity contribution in [3.63, 3.8) is 0 Å². The first-order valence-electron chi connectivity index (χ1n) is 15.9. The van der Waals surface area contributed by atoms with Gasteiger partial charge in [0.15, 0.2) is 0 Å². The number of carbonyl (C=O) groups is 4. The Hall–Kier alpha value is -4.02. The number of amides is 3. The Morgan fingerprint density at radius 2 is 1.82 bits per heavy atom. The number of likely N-dealkylation sites (tertiary alicyclic amines) is 1. The predicted molar refractivity (Wildman–Crippen MR) is 168 cm³/mol. The third-order valence-corrected chi connectivity index (χ3v) is 9.36. The van der Waals surface area contributed by atoms with Gasteiger partial charge in [-0.1, -0.05) is 68.5 Å². The van der Waals surface area contributed by atoms with Crippen LogP contribution in [0.1, 0.15) is 40.0 Å². The Labute approximate surface area is 263 Å². The summed E-state index contributed by atoms with van der Waals surface area (Å²) in [5.41, 5.74) is -0.796. The smallest absolute Gasteiger partial charge is 0.313 e. The molecule has 0 unspecified atom stereocenters. The van der Waals surface area contributed by atoms with Crippen LogP contribution >= 0.6 is 0 Å². The van der Waals surface area contributed by atoms with Gasteiger partial charge in [0, 0.05) is 18.7 Å². The standard InChI is InChI=1S/C35H41N3O7/c1-21(2)17-26(20-39)38-31-33(42)37(25-14-13-23-9-4-5-10-24(23)18-25)16-8-15-35(31)30(32(38)41)29-27(45-35)11-6-7-12-28(40)36-19-22(3)44-34(29)43/h4-6,8-11,13-15,18,21-22,26-27,29-31,39H,7,12,16-17,19-20H2,1-3H3,(H,36,40)/b11-6-/t22-,26+,27-,29+,30+,31-,35+/m0/s1. The van der Waals surface area contributed by atoms with Gasteiger partial charge in [-0.3, -0.25) is 19.2 Å². The number of hydrogen-bond acceptors (Lipinski definition) is 7. The Morgan fingerprint density at radius 1 is 1.04 bits per heavy atom. The number of aliphatic hydroxyl groups excluding tert-OH is 1. The fourth-order valence-electron chi connectivity index (χ4n) is 7.39. The predicted octanol–water partition coefficient (Wildman–Crippen LogP) is 3.13. The molecule has 0 aliphatic carbocycles. The first-order valence-corrected chi connectivity index (χ1v) is 15.9. The maximum absolute atomic E-state index is 14.8. The monoisotopic (exact) mass is 615 g/mol. The zero-order valence-electron chi connectivity index (χ0n) is 25.9. The van der Waals surface area contributed by atoms with E-state index in [2.05, 4.69) is 5.32 Å². The van der Waals surface area contributed by atoms with Gasteiger partial charge in [-0.15, -0.1) is 0 Å². The van der Waals surface area contributed by atoms with Crippen LogP contribution in [-0.2, 0) is 28.7 Å². The topological polar surface area (TPSA) is 125 Å². The highest BCUT2D eigenvalue weighted by molar-refractivity contribution is 6.06. The van der Waals surface area contributed by atoms with Crippen molar-refractivity contribution in [1.29, 1.82) is 0 Å². The van der Waals surface area contributed by atoms with Crippen LogP contribution < -0.4 is 10.2 Å². The number of benzene rings is 2. The highest BCUT2D eigenvalue weighted by Gasteiger charge is 2.72. The van der Waals surface area contributed by atoms with E-state index in [4.69, 9.17) is 9.47 Å². The summed E-state index contributed by atoms with van der Waals surface area (Å²) in [4.78, 5) is 58.7. The highest BCUT2D eigenvalue weighted by atomic mass is 16.6. The maximum Gasteiger partial charge on any atom is 0.313 e. The van der Waals surface area contributed by atoms with E-state index in [9.17, 15) is 24.3 Å². The molecular formula is C35H41N3O7. The van der Waals surface area contributed by atoms with Crippen molar-refractivity contribution in [3.8, 4) is 0 Å². The van der Waals surface area contributed by atoms with Crippen LogP contribution in [0.2, 0.25) is 0 Å². The number of hydrogen-bond donors (Lipinski definition) is 2. The van der Waals surface area contributed by atoms with Crippen molar-refractivity contribution in [1.82, 2.24) is 10.2 Å². The molecule has 6 rings (SSSR count). The van der Waals surface area contributed by atoms with Crippen molar-refractivity contribution < 1.29 is 33.8 Å². The van der Waals surface area contributed by atoms with E-state index in [-0.39, 0.29) is 43.8 Å². The summed E-state index contributed by atoms with van der Waals surface area (Å²) in [5, 5.41) is 15.4. The van der Waals surface area contributed by atoms with Crippen molar-refractivity contribution in [3.05, 3.63) is 66.8 Å². The van der Waals surface area contributed by atoms with E-state index < -0.39 is 53.6 Å². The molecule has 3 amide bonds. The molecular weight excluding hydrogens is 574 g/mol. The van der Waals surface area contributed by atoms with Gasteiger partial charge in [0.25, 0.3) is 5.91 Å². The molecule has 4 aliphatic rings. The Morgan fingerprint density at radius 3 is 2.58 bits per heavy atom. The van der Waals surface area contributed by atoms with Gasteiger partial charge in [-0.25, -0.2) is 0 Å². The third-order valence-electron chi connectivity index (χ3n) is 9.36. The molecule has 45 heavy (non-hydrogen) atoms. The first kappa shape index (κ1) is 31.0. The Balaban J connectivity index is 1.46. The number of carbonyl (C=O) groups excluding carboxylic acids is 4. The van der Waals surface area contributed by atoms with Crippen LogP contribution in [0.25, 0.3) is 10.8 Å². The zero-order valence-corrected chi connectivity index (χ0v) is 25.9. The number of rotatable bonds is 5. The van der Waals surface area contributed by atoms with E-state index in [1.54, 1.807) is 30.1 Å². The van der Waals surface area contributed by atoms with E-state index in [1.165, 1.54) is 4.90 Å². The number of ether oxygens (including phenoxy) is 2. The van der Waals surface area contributed by atoms with Gasteiger partial charge >= 0.3 is 5.97 Å². The Bertz CT molecular complexity index is 1550. The molecule has 0 saturated carbocycles. The molecule has 0 radical (unpaired) electrons. The van der Waals surface area contributed by atoms with Crippen molar-refractivity contribution in [2.75, 3.05) is 24.6 Å². The second-order valence-electron chi connectivity index (χ2n) is 13.0.